The number of aryl methyl sites for hydroxylation is 2. The Hall–Kier alpha value is -3.28. The molecular formula is C20H17NO5. The highest BCUT2D eigenvalue weighted by Gasteiger charge is 2.36. The quantitative estimate of drug-likeness (QED) is 0.741. The van der Waals surface area contributed by atoms with E-state index in [1.807, 2.05) is 19.9 Å². The molecule has 0 saturated carbocycles. The number of carbonyl (C=O) groups is 1. The smallest absolute Gasteiger partial charge is 0.288 e. The monoisotopic (exact) mass is 351 g/mol. The Kier molecular flexibility index (Phi) is 3.50. The molecule has 2 heterocycles. The molecule has 1 aliphatic rings. The second-order valence-corrected chi connectivity index (χ2v) is 6.40. The number of hydrogen-bond acceptors (Lipinski definition) is 5. The summed E-state index contributed by atoms with van der Waals surface area (Å²) in [6, 6.07) is 7.63. The molecule has 6 heteroatoms. The Morgan fingerprint density at radius 1 is 1.15 bits per heavy atom. The summed E-state index contributed by atoms with van der Waals surface area (Å²) in [6.45, 7) is 3.79. The molecule has 0 radical (unpaired) electrons. The minimum absolute atomic E-state index is 0.0163. The fourth-order valence-electron chi connectivity index (χ4n) is 3.33. The van der Waals surface area contributed by atoms with Crippen molar-refractivity contribution in [1.29, 1.82) is 0 Å². The standard InChI is InChI=1S/C20H17NO5/c1-9-4-6-12-17(23)15-16(11-5-7-13(22)14(8-11)25-3)21-20(24)19(15)26-18(12)10(9)2/h4-8,16,22H,1-3H3,(H,21,24)/t16-/m1/s1. The Morgan fingerprint density at radius 3 is 2.65 bits per heavy atom. The Labute approximate surface area is 149 Å². The number of fused-ring (bicyclic) bond motifs is 2. The molecule has 26 heavy (non-hydrogen) atoms. The first kappa shape index (κ1) is 16.2. The highest BCUT2D eigenvalue weighted by molar-refractivity contribution is 5.99. The van der Waals surface area contributed by atoms with E-state index < -0.39 is 11.9 Å². The van der Waals surface area contributed by atoms with Crippen LogP contribution in [0.4, 0.5) is 0 Å². The van der Waals surface area contributed by atoms with E-state index in [4.69, 9.17) is 9.15 Å². The van der Waals surface area contributed by atoms with E-state index >= 15 is 0 Å². The summed E-state index contributed by atoms with van der Waals surface area (Å²) < 4.78 is 11.0. The fraction of sp³-hybridized carbons (Fsp3) is 0.200. The lowest BCUT2D eigenvalue weighted by Crippen LogP contribution is -2.22. The summed E-state index contributed by atoms with van der Waals surface area (Å²) in [6.07, 6.45) is 0. The Morgan fingerprint density at radius 2 is 1.92 bits per heavy atom. The van der Waals surface area contributed by atoms with Crippen molar-refractivity contribution < 1.29 is 19.1 Å². The lowest BCUT2D eigenvalue weighted by molar-refractivity contribution is 0.0938. The summed E-state index contributed by atoms with van der Waals surface area (Å²) in [7, 11) is 1.44. The molecule has 1 aromatic heterocycles. The van der Waals surface area contributed by atoms with Crippen molar-refractivity contribution in [1.82, 2.24) is 5.32 Å². The first-order valence-corrected chi connectivity index (χ1v) is 8.17. The maximum atomic E-state index is 13.1. The number of nitrogens with one attached hydrogen (secondary N) is 1. The van der Waals surface area contributed by atoms with E-state index in [0.29, 0.717) is 16.5 Å². The van der Waals surface area contributed by atoms with Gasteiger partial charge in [0.15, 0.2) is 16.9 Å². The number of aromatic hydroxyl groups is 1. The van der Waals surface area contributed by atoms with Gasteiger partial charge in [0, 0.05) is 0 Å². The predicted octanol–water partition coefficient (Wildman–Crippen LogP) is 2.96. The third-order valence-corrected chi connectivity index (χ3v) is 4.92. The van der Waals surface area contributed by atoms with E-state index in [1.54, 1.807) is 18.2 Å². The minimum atomic E-state index is -0.658. The van der Waals surface area contributed by atoms with Crippen molar-refractivity contribution in [2.45, 2.75) is 19.9 Å². The number of phenolic OH excluding ortho intramolecular Hbond substituents is 1. The number of amides is 1. The summed E-state index contributed by atoms with van der Waals surface area (Å²) in [4.78, 5) is 25.5. The van der Waals surface area contributed by atoms with Crippen LogP contribution in [-0.2, 0) is 0 Å². The molecule has 4 rings (SSSR count). The first-order valence-electron chi connectivity index (χ1n) is 8.17. The van der Waals surface area contributed by atoms with Crippen LogP contribution in [0, 0.1) is 13.8 Å². The molecule has 0 fully saturated rings. The van der Waals surface area contributed by atoms with Gasteiger partial charge in [-0.1, -0.05) is 12.1 Å². The molecule has 0 spiro atoms. The summed E-state index contributed by atoms with van der Waals surface area (Å²) >= 11 is 0. The zero-order valence-corrected chi connectivity index (χ0v) is 14.5. The van der Waals surface area contributed by atoms with Gasteiger partial charge < -0.3 is 19.6 Å². The first-order chi connectivity index (χ1) is 12.4. The third kappa shape index (κ3) is 2.19. The molecule has 2 N–H and O–H groups in total. The van der Waals surface area contributed by atoms with Gasteiger partial charge in [0.2, 0.25) is 5.76 Å². The maximum Gasteiger partial charge on any atom is 0.288 e. The topological polar surface area (TPSA) is 88.8 Å². The van der Waals surface area contributed by atoms with Crippen molar-refractivity contribution in [3.8, 4) is 11.5 Å². The van der Waals surface area contributed by atoms with Crippen LogP contribution in [0.1, 0.15) is 38.9 Å². The molecule has 2 aromatic carbocycles. The van der Waals surface area contributed by atoms with E-state index in [0.717, 1.165) is 11.1 Å². The number of ether oxygens (including phenoxy) is 1. The SMILES string of the molecule is COc1cc([C@H]2NC(=O)c3oc4c(C)c(C)ccc4c(=O)c32)ccc1O. The van der Waals surface area contributed by atoms with E-state index in [2.05, 4.69) is 5.32 Å². The molecule has 6 nitrogen and oxygen atoms in total. The van der Waals surface area contributed by atoms with Gasteiger partial charge in [-0.15, -0.1) is 0 Å². The fourth-order valence-corrected chi connectivity index (χ4v) is 3.33. The largest absolute Gasteiger partial charge is 0.504 e. The van der Waals surface area contributed by atoms with Crippen molar-refractivity contribution in [3.05, 3.63) is 68.6 Å². The zero-order valence-electron chi connectivity index (χ0n) is 14.5. The van der Waals surface area contributed by atoms with Crippen LogP contribution in [0.2, 0.25) is 0 Å². The zero-order chi connectivity index (χ0) is 18.6. The molecule has 1 amide bonds. The summed E-state index contributed by atoms with van der Waals surface area (Å²) in [5, 5.41) is 13.0. The van der Waals surface area contributed by atoms with E-state index in [9.17, 15) is 14.7 Å². The van der Waals surface area contributed by atoms with Gasteiger partial charge in [-0.05, 0) is 48.7 Å². The van der Waals surface area contributed by atoms with Crippen molar-refractivity contribution >= 4 is 16.9 Å². The number of phenols is 1. The number of carbonyl (C=O) groups excluding carboxylic acids is 1. The second-order valence-electron chi connectivity index (χ2n) is 6.40. The molecule has 0 unspecified atom stereocenters. The van der Waals surface area contributed by atoms with Gasteiger partial charge >= 0.3 is 0 Å². The summed E-state index contributed by atoms with van der Waals surface area (Å²) in [5.41, 5.74) is 2.93. The second kappa shape index (κ2) is 5.62. The third-order valence-electron chi connectivity index (χ3n) is 4.92. The lowest BCUT2D eigenvalue weighted by Gasteiger charge is -2.14. The molecular weight excluding hydrogens is 334 g/mol. The predicted molar refractivity (Wildman–Crippen MR) is 95.9 cm³/mol. The Bertz CT molecular complexity index is 1130. The van der Waals surface area contributed by atoms with Crippen LogP contribution in [0.15, 0.2) is 39.5 Å². The van der Waals surface area contributed by atoms with Crippen molar-refractivity contribution in [3.63, 3.8) is 0 Å². The molecule has 3 aromatic rings. The lowest BCUT2D eigenvalue weighted by atomic mass is 9.97. The number of methoxy groups -OCH3 is 1. The van der Waals surface area contributed by atoms with Crippen LogP contribution < -0.4 is 15.5 Å². The molecule has 0 saturated heterocycles. The van der Waals surface area contributed by atoms with Crippen LogP contribution >= 0.6 is 0 Å². The van der Waals surface area contributed by atoms with Crippen LogP contribution in [0.25, 0.3) is 11.0 Å². The van der Waals surface area contributed by atoms with Crippen LogP contribution in [-0.4, -0.2) is 18.1 Å². The molecule has 1 aliphatic heterocycles. The normalized spacial score (nSPS) is 15.8. The average Bonchev–Trinajstić information content (AvgIpc) is 2.96. The number of benzene rings is 2. The van der Waals surface area contributed by atoms with Crippen molar-refractivity contribution in [2.75, 3.05) is 7.11 Å². The van der Waals surface area contributed by atoms with Crippen molar-refractivity contribution in [2.24, 2.45) is 0 Å². The molecule has 1 atom stereocenters. The molecule has 0 bridgehead atoms. The highest BCUT2D eigenvalue weighted by Crippen LogP contribution is 2.35. The molecule has 132 valence electrons. The number of rotatable bonds is 2. The highest BCUT2D eigenvalue weighted by atomic mass is 16.5. The van der Waals surface area contributed by atoms with Gasteiger partial charge in [0.1, 0.15) is 5.58 Å². The van der Waals surface area contributed by atoms with Gasteiger partial charge in [0.05, 0.1) is 24.1 Å². The maximum absolute atomic E-state index is 13.1. The number of hydrogen-bond donors (Lipinski definition) is 2. The van der Waals surface area contributed by atoms with Crippen LogP contribution in [0.3, 0.4) is 0 Å². The van der Waals surface area contributed by atoms with Crippen LogP contribution in [0.5, 0.6) is 11.5 Å². The van der Waals surface area contributed by atoms with E-state index in [-0.39, 0.29) is 28.3 Å². The Balaban J connectivity index is 1.98. The molecule has 0 aliphatic carbocycles. The van der Waals surface area contributed by atoms with Gasteiger partial charge in [-0.2, -0.15) is 0 Å². The van der Waals surface area contributed by atoms with E-state index in [1.165, 1.54) is 13.2 Å². The van der Waals surface area contributed by atoms with Gasteiger partial charge in [-0.25, -0.2) is 0 Å². The van der Waals surface area contributed by atoms with Gasteiger partial charge in [-0.3, -0.25) is 9.59 Å². The average molecular weight is 351 g/mol. The van der Waals surface area contributed by atoms with Gasteiger partial charge in [0.25, 0.3) is 5.91 Å². The summed E-state index contributed by atoms with van der Waals surface area (Å²) in [5.74, 6) is -0.149. The minimum Gasteiger partial charge on any atom is -0.504 e.